The van der Waals surface area contributed by atoms with Crippen LogP contribution < -0.4 is 5.73 Å². The number of carbonyl (C=O) groups excluding carboxylic acids is 1. The lowest BCUT2D eigenvalue weighted by Crippen LogP contribution is -2.51. The van der Waals surface area contributed by atoms with Crippen LogP contribution in [0.3, 0.4) is 0 Å². The molecule has 1 amide bonds. The van der Waals surface area contributed by atoms with E-state index in [4.69, 9.17) is 5.73 Å². The van der Waals surface area contributed by atoms with Crippen LogP contribution in [0.4, 0.5) is 0 Å². The molecule has 0 aromatic rings. The molecule has 2 aliphatic rings. The Hall–Kier alpha value is -0.570. The molecule has 2 heterocycles. The molecule has 14 heavy (non-hydrogen) atoms. The van der Waals surface area contributed by atoms with E-state index in [0.29, 0.717) is 24.0 Å². The Morgan fingerprint density at radius 1 is 1.29 bits per heavy atom. The molecule has 2 bridgehead atoms. The van der Waals surface area contributed by atoms with Gasteiger partial charge in [-0.1, -0.05) is 13.8 Å². The predicted molar refractivity (Wildman–Crippen MR) is 55.7 cm³/mol. The lowest BCUT2D eigenvalue weighted by Gasteiger charge is -2.38. The van der Waals surface area contributed by atoms with Gasteiger partial charge in [0.05, 0.1) is 0 Å². The number of carbonyl (C=O) groups is 1. The highest BCUT2D eigenvalue weighted by molar-refractivity contribution is 5.79. The minimum atomic E-state index is 0.132. The van der Waals surface area contributed by atoms with Crippen LogP contribution in [0.25, 0.3) is 0 Å². The van der Waals surface area contributed by atoms with Crippen molar-refractivity contribution in [1.82, 2.24) is 4.90 Å². The Balaban J connectivity index is 2.11. The number of amides is 1. The van der Waals surface area contributed by atoms with Crippen LogP contribution >= 0.6 is 0 Å². The van der Waals surface area contributed by atoms with Gasteiger partial charge in [0.2, 0.25) is 5.91 Å². The Kier molecular flexibility index (Phi) is 2.52. The number of nitrogens with two attached hydrogens (primary N) is 1. The van der Waals surface area contributed by atoms with Crippen LogP contribution in [0.1, 0.15) is 39.5 Å². The van der Waals surface area contributed by atoms with Crippen molar-refractivity contribution in [2.75, 3.05) is 0 Å². The second-order valence-electron chi connectivity index (χ2n) is 5.02. The normalized spacial score (nSPS) is 36.6. The number of piperidine rings is 1. The van der Waals surface area contributed by atoms with Gasteiger partial charge in [-0.25, -0.2) is 0 Å². The minimum absolute atomic E-state index is 0.132. The maximum Gasteiger partial charge on any atom is 0.225 e. The van der Waals surface area contributed by atoms with Crippen LogP contribution in [0.2, 0.25) is 0 Å². The molecular weight excluding hydrogens is 176 g/mol. The summed E-state index contributed by atoms with van der Waals surface area (Å²) >= 11 is 0. The van der Waals surface area contributed by atoms with Gasteiger partial charge in [-0.3, -0.25) is 4.79 Å². The van der Waals surface area contributed by atoms with Crippen molar-refractivity contribution in [1.29, 1.82) is 0 Å². The van der Waals surface area contributed by atoms with Crippen LogP contribution in [-0.2, 0) is 4.79 Å². The third kappa shape index (κ3) is 1.54. The zero-order valence-corrected chi connectivity index (χ0v) is 9.07. The molecular formula is C11H20N2O. The van der Waals surface area contributed by atoms with Crippen molar-refractivity contribution in [2.45, 2.75) is 57.7 Å². The highest BCUT2D eigenvalue weighted by atomic mass is 16.2. The van der Waals surface area contributed by atoms with E-state index in [1.54, 1.807) is 0 Å². The Labute approximate surface area is 85.6 Å². The maximum atomic E-state index is 12.0. The van der Waals surface area contributed by atoms with E-state index in [9.17, 15) is 4.79 Å². The number of fused-ring (bicyclic) bond motifs is 2. The second-order valence-corrected chi connectivity index (χ2v) is 5.02. The molecule has 2 N–H and O–H groups in total. The summed E-state index contributed by atoms with van der Waals surface area (Å²) in [6.07, 6.45) is 4.34. The summed E-state index contributed by atoms with van der Waals surface area (Å²) in [7, 11) is 0. The lowest BCUT2D eigenvalue weighted by atomic mass is 9.96. The van der Waals surface area contributed by atoms with E-state index in [1.165, 1.54) is 0 Å². The van der Waals surface area contributed by atoms with Crippen molar-refractivity contribution >= 4 is 5.91 Å². The third-order valence-corrected chi connectivity index (χ3v) is 3.52. The molecule has 0 radical (unpaired) electrons. The topological polar surface area (TPSA) is 46.3 Å². The molecule has 0 saturated carbocycles. The molecule has 0 aromatic heterocycles. The zero-order chi connectivity index (χ0) is 10.3. The molecule has 3 heteroatoms. The summed E-state index contributed by atoms with van der Waals surface area (Å²) in [4.78, 5) is 14.1. The number of nitrogens with zero attached hydrogens (tertiary/aromatic N) is 1. The quantitative estimate of drug-likeness (QED) is 0.683. The van der Waals surface area contributed by atoms with Gasteiger partial charge in [0.1, 0.15) is 0 Å². The molecule has 2 aliphatic heterocycles. The van der Waals surface area contributed by atoms with Crippen LogP contribution in [-0.4, -0.2) is 28.9 Å². The van der Waals surface area contributed by atoms with Gasteiger partial charge in [-0.2, -0.15) is 0 Å². The van der Waals surface area contributed by atoms with Gasteiger partial charge in [0.15, 0.2) is 0 Å². The summed E-state index contributed by atoms with van der Waals surface area (Å²) in [5.41, 5.74) is 5.96. The van der Waals surface area contributed by atoms with Crippen molar-refractivity contribution in [2.24, 2.45) is 11.7 Å². The molecule has 3 nitrogen and oxygen atoms in total. The van der Waals surface area contributed by atoms with Crippen molar-refractivity contribution < 1.29 is 4.79 Å². The van der Waals surface area contributed by atoms with E-state index in [-0.39, 0.29) is 5.92 Å². The van der Waals surface area contributed by atoms with Crippen molar-refractivity contribution in [3.8, 4) is 0 Å². The monoisotopic (exact) mass is 196 g/mol. The first-order valence-corrected chi connectivity index (χ1v) is 5.67. The van der Waals surface area contributed by atoms with E-state index in [1.807, 2.05) is 13.8 Å². The van der Waals surface area contributed by atoms with E-state index in [2.05, 4.69) is 4.90 Å². The largest absolute Gasteiger partial charge is 0.336 e. The highest BCUT2D eigenvalue weighted by Gasteiger charge is 2.42. The van der Waals surface area contributed by atoms with Gasteiger partial charge in [0.25, 0.3) is 0 Å². The van der Waals surface area contributed by atoms with E-state index < -0.39 is 0 Å². The smallest absolute Gasteiger partial charge is 0.225 e. The van der Waals surface area contributed by atoms with Crippen molar-refractivity contribution in [3.05, 3.63) is 0 Å². The second kappa shape index (κ2) is 3.54. The SMILES string of the molecule is CC(C)C(=O)N1C2CCC1CC(N)C2. The van der Waals surface area contributed by atoms with Gasteiger partial charge in [-0.05, 0) is 25.7 Å². The molecule has 0 aromatic carbocycles. The number of hydrogen-bond acceptors (Lipinski definition) is 2. The van der Waals surface area contributed by atoms with E-state index in [0.717, 1.165) is 25.7 Å². The summed E-state index contributed by atoms with van der Waals surface area (Å²) in [5, 5.41) is 0. The van der Waals surface area contributed by atoms with Gasteiger partial charge >= 0.3 is 0 Å². The molecule has 2 unspecified atom stereocenters. The minimum Gasteiger partial charge on any atom is -0.336 e. The molecule has 2 rings (SSSR count). The van der Waals surface area contributed by atoms with Gasteiger partial charge in [-0.15, -0.1) is 0 Å². The summed E-state index contributed by atoms with van der Waals surface area (Å²) < 4.78 is 0. The van der Waals surface area contributed by atoms with Crippen molar-refractivity contribution in [3.63, 3.8) is 0 Å². The zero-order valence-electron chi connectivity index (χ0n) is 9.07. The van der Waals surface area contributed by atoms with Crippen LogP contribution in [0.5, 0.6) is 0 Å². The average Bonchev–Trinajstić information content (AvgIpc) is 2.37. The molecule has 0 spiro atoms. The first kappa shape index (κ1) is 9.97. The Bertz CT molecular complexity index is 225. The average molecular weight is 196 g/mol. The molecule has 0 aliphatic carbocycles. The standard InChI is InChI=1S/C11H20N2O/c1-7(2)11(14)13-9-3-4-10(13)6-8(12)5-9/h7-10H,3-6,12H2,1-2H3. The van der Waals surface area contributed by atoms with Gasteiger partial charge in [0, 0.05) is 24.0 Å². The molecule has 2 fully saturated rings. The van der Waals surface area contributed by atoms with E-state index >= 15 is 0 Å². The lowest BCUT2D eigenvalue weighted by molar-refractivity contribution is -0.139. The van der Waals surface area contributed by atoms with Gasteiger partial charge < -0.3 is 10.6 Å². The fraction of sp³-hybridized carbons (Fsp3) is 0.909. The fourth-order valence-electron chi connectivity index (χ4n) is 2.88. The highest BCUT2D eigenvalue weighted by Crippen LogP contribution is 2.35. The molecule has 2 saturated heterocycles. The first-order valence-electron chi connectivity index (χ1n) is 5.67. The third-order valence-electron chi connectivity index (χ3n) is 3.52. The van der Waals surface area contributed by atoms with Crippen LogP contribution in [0, 0.1) is 5.92 Å². The molecule has 80 valence electrons. The maximum absolute atomic E-state index is 12.0. The van der Waals surface area contributed by atoms with Crippen LogP contribution in [0.15, 0.2) is 0 Å². The molecule has 2 atom stereocenters. The fourth-order valence-corrected chi connectivity index (χ4v) is 2.88. The Morgan fingerprint density at radius 3 is 2.21 bits per heavy atom. The number of rotatable bonds is 1. The number of hydrogen-bond donors (Lipinski definition) is 1. The Morgan fingerprint density at radius 2 is 1.79 bits per heavy atom. The summed E-state index contributed by atoms with van der Waals surface area (Å²) in [5.74, 6) is 0.455. The summed E-state index contributed by atoms with van der Waals surface area (Å²) in [6, 6.07) is 1.21. The summed E-state index contributed by atoms with van der Waals surface area (Å²) in [6.45, 7) is 3.96. The predicted octanol–water partition coefficient (Wildman–Crippen LogP) is 1.12. The first-order chi connectivity index (χ1) is 6.59.